The van der Waals surface area contributed by atoms with E-state index in [1.807, 2.05) is 37.3 Å². The average molecular weight is 394 g/mol. The Bertz CT molecular complexity index is 939. The van der Waals surface area contributed by atoms with Gasteiger partial charge in [-0.05, 0) is 30.2 Å². The number of carbonyl (C=O) groups is 4. The second-order valence-corrected chi connectivity index (χ2v) is 6.72. The molecular weight excluding hydrogens is 372 g/mol. The van der Waals surface area contributed by atoms with Crippen LogP contribution in [0.5, 0.6) is 0 Å². The Hall–Kier alpha value is -3.48. The Morgan fingerprint density at radius 2 is 1.72 bits per heavy atom. The maximum Gasteiger partial charge on any atom is 0.338 e. The quantitative estimate of drug-likeness (QED) is 0.422. The predicted octanol–water partition coefficient (Wildman–Crippen LogP) is 2.56. The molecule has 150 valence electrons. The summed E-state index contributed by atoms with van der Waals surface area (Å²) in [5.74, 6) is -1.96. The van der Waals surface area contributed by atoms with Gasteiger partial charge in [0.25, 0.3) is 17.7 Å². The van der Waals surface area contributed by atoms with Gasteiger partial charge in [0.1, 0.15) is 0 Å². The van der Waals surface area contributed by atoms with Crippen LogP contribution in [0.4, 0.5) is 0 Å². The van der Waals surface area contributed by atoms with E-state index in [9.17, 15) is 19.2 Å². The summed E-state index contributed by atoms with van der Waals surface area (Å²) >= 11 is 0. The van der Waals surface area contributed by atoms with Crippen molar-refractivity contribution < 1.29 is 23.9 Å². The van der Waals surface area contributed by atoms with E-state index >= 15 is 0 Å². The fraction of sp³-hybridized carbons (Fsp3) is 0.273. The number of imide groups is 1. The molecule has 3 amide bonds. The van der Waals surface area contributed by atoms with E-state index in [4.69, 9.17) is 4.74 Å². The first kappa shape index (κ1) is 20.3. The summed E-state index contributed by atoms with van der Waals surface area (Å²) in [5.41, 5.74) is 1.36. The number of esters is 1. The molecular formula is C22H22N2O5. The van der Waals surface area contributed by atoms with Crippen LogP contribution in [0.3, 0.4) is 0 Å². The SMILES string of the molecule is CCCCNC(=O)COC(=O)c1ccc2c(c1)C(=O)N(Cc1ccccc1)C2=O. The van der Waals surface area contributed by atoms with Crippen LogP contribution in [0.2, 0.25) is 0 Å². The average Bonchev–Trinajstić information content (AvgIpc) is 2.97. The molecule has 0 atom stereocenters. The summed E-state index contributed by atoms with van der Waals surface area (Å²) in [6.45, 7) is 2.30. The van der Waals surface area contributed by atoms with Crippen molar-refractivity contribution in [2.24, 2.45) is 0 Å². The number of benzene rings is 2. The Morgan fingerprint density at radius 3 is 2.45 bits per heavy atom. The number of nitrogens with one attached hydrogen (secondary N) is 1. The lowest BCUT2D eigenvalue weighted by Crippen LogP contribution is -2.29. The number of hydrogen-bond donors (Lipinski definition) is 1. The molecule has 0 bridgehead atoms. The fourth-order valence-corrected chi connectivity index (χ4v) is 3.00. The molecule has 7 nitrogen and oxygen atoms in total. The molecule has 0 aliphatic carbocycles. The lowest BCUT2D eigenvalue weighted by molar-refractivity contribution is -0.124. The van der Waals surface area contributed by atoms with Gasteiger partial charge >= 0.3 is 5.97 Å². The number of amides is 3. The van der Waals surface area contributed by atoms with E-state index in [1.54, 1.807) is 0 Å². The number of hydrogen-bond acceptors (Lipinski definition) is 5. The van der Waals surface area contributed by atoms with Gasteiger partial charge in [-0.25, -0.2) is 4.79 Å². The molecule has 0 aromatic heterocycles. The Labute approximate surface area is 168 Å². The smallest absolute Gasteiger partial charge is 0.338 e. The monoisotopic (exact) mass is 394 g/mol. The van der Waals surface area contributed by atoms with Gasteiger partial charge in [-0.3, -0.25) is 19.3 Å². The minimum absolute atomic E-state index is 0.118. The topological polar surface area (TPSA) is 92.8 Å². The van der Waals surface area contributed by atoms with E-state index in [2.05, 4.69) is 5.32 Å². The molecule has 7 heteroatoms. The molecule has 0 unspecified atom stereocenters. The lowest BCUT2D eigenvalue weighted by Gasteiger charge is -2.13. The van der Waals surface area contributed by atoms with Gasteiger partial charge in [0, 0.05) is 6.54 Å². The van der Waals surface area contributed by atoms with Gasteiger partial charge in [-0.15, -0.1) is 0 Å². The molecule has 2 aromatic rings. The molecule has 0 spiro atoms. The van der Waals surface area contributed by atoms with Crippen LogP contribution in [0.25, 0.3) is 0 Å². The summed E-state index contributed by atoms with van der Waals surface area (Å²) in [5, 5.41) is 2.65. The third-order valence-corrected chi connectivity index (χ3v) is 4.58. The van der Waals surface area contributed by atoms with Crippen LogP contribution >= 0.6 is 0 Å². The first-order chi connectivity index (χ1) is 14.0. The van der Waals surface area contributed by atoms with Crippen LogP contribution in [0.1, 0.15) is 56.4 Å². The highest BCUT2D eigenvalue weighted by atomic mass is 16.5. The van der Waals surface area contributed by atoms with Crippen LogP contribution in [0.15, 0.2) is 48.5 Å². The maximum atomic E-state index is 12.7. The predicted molar refractivity (Wildman–Crippen MR) is 105 cm³/mol. The molecule has 1 aliphatic heterocycles. The number of rotatable bonds is 8. The van der Waals surface area contributed by atoms with E-state index in [0.29, 0.717) is 6.54 Å². The number of unbranched alkanes of at least 4 members (excludes halogenated alkanes) is 1. The molecule has 1 heterocycles. The molecule has 0 radical (unpaired) electrons. The Balaban J connectivity index is 1.66. The highest BCUT2D eigenvalue weighted by Gasteiger charge is 2.36. The summed E-state index contributed by atoms with van der Waals surface area (Å²) in [6, 6.07) is 13.4. The van der Waals surface area contributed by atoms with Gasteiger partial charge in [0.2, 0.25) is 0 Å². The zero-order chi connectivity index (χ0) is 20.8. The van der Waals surface area contributed by atoms with Crippen LogP contribution < -0.4 is 5.32 Å². The normalized spacial score (nSPS) is 12.7. The number of ether oxygens (including phenoxy) is 1. The molecule has 1 N–H and O–H groups in total. The van der Waals surface area contributed by atoms with Gasteiger partial charge in [0.05, 0.1) is 23.2 Å². The number of fused-ring (bicyclic) bond motifs is 1. The standard InChI is InChI=1S/C22H22N2O5/c1-2-3-11-23-19(25)14-29-22(28)16-9-10-17-18(12-16)21(27)24(20(17)26)13-15-7-5-4-6-8-15/h4-10,12H,2-3,11,13-14H2,1H3,(H,23,25). The van der Waals surface area contributed by atoms with Crippen molar-refractivity contribution in [3.63, 3.8) is 0 Å². The molecule has 0 fully saturated rings. The van der Waals surface area contributed by atoms with E-state index in [-0.39, 0.29) is 29.1 Å². The zero-order valence-corrected chi connectivity index (χ0v) is 16.1. The lowest BCUT2D eigenvalue weighted by atomic mass is 10.1. The van der Waals surface area contributed by atoms with Crippen molar-refractivity contribution in [1.29, 1.82) is 0 Å². The second kappa shape index (κ2) is 9.14. The maximum absolute atomic E-state index is 12.7. The first-order valence-corrected chi connectivity index (χ1v) is 9.49. The summed E-state index contributed by atoms with van der Waals surface area (Å²) < 4.78 is 5.00. The first-order valence-electron chi connectivity index (χ1n) is 9.49. The fourth-order valence-electron chi connectivity index (χ4n) is 3.00. The third kappa shape index (κ3) is 4.68. The largest absolute Gasteiger partial charge is 0.452 e. The van der Waals surface area contributed by atoms with E-state index < -0.39 is 24.4 Å². The van der Waals surface area contributed by atoms with Crippen LogP contribution in [-0.2, 0) is 16.1 Å². The van der Waals surface area contributed by atoms with E-state index in [1.165, 1.54) is 18.2 Å². The minimum atomic E-state index is -0.722. The van der Waals surface area contributed by atoms with Gasteiger partial charge in [-0.1, -0.05) is 43.7 Å². The van der Waals surface area contributed by atoms with Crippen molar-refractivity contribution in [2.75, 3.05) is 13.2 Å². The highest BCUT2D eigenvalue weighted by molar-refractivity contribution is 6.21. The summed E-state index contributed by atoms with van der Waals surface area (Å²) in [7, 11) is 0. The molecule has 1 aliphatic rings. The van der Waals surface area contributed by atoms with Crippen molar-refractivity contribution in [2.45, 2.75) is 26.3 Å². The van der Waals surface area contributed by atoms with E-state index in [0.717, 1.165) is 23.3 Å². The van der Waals surface area contributed by atoms with Crippen LogP contribution in [-0.4, -0.2) is 41.7 Å². The number of carbonyl (C=O) groups excluding carboxylic acids is 4. The molecule has 2 aromatic carbocycles. The summed E-state index contributed by atoms with van der Waals surface area (Å²) in [6.07, 6.45) is 1.80. The van der Waals surface area contributed by atoms with Crippen molar-refractivity contribution >= 4 is 23.7 Å². The number of nitrogens with zero attached hydrogens (tertiary/aromatic N) is 1. The third-order valence-electron chi connectivity index (χ3n) is 4.58. The van der Waals surface area contributed by atoms with Gasteiger partial charge in [-0.2, -0.15) is 0 Å². The second-order valence-electron chi connectivity index (χ2n) is 6.72. The van der Waals surface area contributed by atoms with Crippen molar-refractivity contribution in [3.05, 3.63) is 70.8 Å². The van der Waals surface area contributed by atoms with Gasteiger partial charge in [0.15, 0.2) is 6.61 Å². The molecule has 0 saturated heterocycles. The zero-order valence-electron chi connectivity index (χ0n) is 16.1. The van der Waals surface area contributed by atoms with Crippen molar-refractivity contribution in [3.8, 4) is 0 Å². The molecule has 29 heavy (non-hydrogen) atoms. The molecule has 3 rings (SSSR count). The minimum Gasteiger partial charge on any atom is -0.452 e. The van der Waals surface area contributed by atoms with Crippen molar-refractivity contribution in [1.82, 2.24) is 10.2 Å². The Morgan fingerprint density at radius 1 is 1.00 bits per heavy atom. The summed E-state index contributed by atoms with van der Waals surface area (Å²) in [4.78, 5) is 50.3. The molecule has 0 saturated carbocycles. The van der Waals surface area contributed by atoms with Gasteiger partial charge < -0.3 is 10.1 Å². The Kier molecular flexibility index (Phi) is 6.39. The highest BCUT2D eigenvalue weighted by Crippen LogP contribution is 2.26. The van der Waals surface area contributed by atoms with Crippen LogP contribution in [0, 0.1) is 0 Å².